The molecule has 1 atom stereocenters. The Hall–Kier alpha value is -3.95. The number of nitrogen functional groups attached to an aromatic ring is 1. The van der Waals surface area contributed by atoms with Crippen LogP contribution in [0.1, 0.15) is 28.9 Å². The molecule has 0 aliphatic heterocycles. The second-order valence-electron chi connectivity index (χ2n) is 6.67. The molecule has 1 aromatic carbocycles. The normalized spacial score (nSPS) is 11.3. The number of carboxylic acids is 2. The molecule has 0 saturated carbocycles. The fourth-order valence-corrected chi connectivity index (χ4v) is 2.73. The van der Waals surface area contributed by atoms with Crippen LogP contribution in [0.2, 0.25) is 0 Å². The van der Waals surface area contributed by atoms with Crippen LogP contribution in [0.4, 0.5) is 11.6 Å². The third-order valence-corrected chi connectivity index (χ3v) is 4.33. The third-order valence-electron chi connectivity index (χ3n) is 4.33. The van der Waals surface area contributed by atoms with E-state index < -0.39 is 23.9 Å². The fourth-order valence-electron chi connectivity index (χ4n) is 2.73. The summed E-state index contributed by atoms with van der Waals surface area (Å²) in [6, 6.07) is 4.89. The third kappa shape index (κ3) is 6.76. The quantitative estimate of drug-likeness (QED) is 0.233. The molecule has 7 N–H and O–H groups in total. The second kappa shape index (κ2) is 11.1. The van der Waals surface area contributed by atoms with Crippen molar-refractivity contribution >= 4 is 59.5 Å². The zero-order valence-corrected chi connectivity index (χ0v) is 16.5. The van der Waals surface area contributed by atoms with Crippen molar-refractivity contribution in [1.82, 2.24) is 25.3 Å². The van der Waals surface area contributed by atoms with Crippen LogP contribution in [0.5, 0.6) is 5.88 Å². The average molecular weight is 449 g/mol. The van der Waals surface area contributed by atoms with Gasteiger partial charge in [-0.1, -0.05) is 0 Å². The number of rotatable bonds is 9. The summed E-state index contributed by atoms with van der Waals surface area (Å²) < 4.78 is 0. The van der Waals surface area contributed by atoms with Crippen molar-refractivity contribution in [2.24, 2.45) is 0 Å². The van der Waals surface area contributed by atoms with Gasteiger partial charge in [0.25, 0.3) is 5.91 Å². The molecule has 3 aromatic rings. The van der Waals surface area contributed by atoms with E-state index in [0.717, 1.165) is 0 Å². The number of carbonyl (C=O) groups excluding carboxylic acids is 1. The monoisotopic (exact) mass is 449 g/mol. The first kappa shape index (κ1) is 25.3. The SMILES string of the molecule is Nc1nc(O)c2nc(CNc3ccc(C(=O)NC(CCC(=O)O)C(=O)O)cc3)cnc2n1.[LiH]. The molecule has 0 radical (unpaired) electrons. The topological polar surface area (TPSA) is 214 Å². The number of nitrogens with zero attached hydrogens (tertiary/aromatic N) is 4. The minimum atomic E-state index is -1.31. The number of nitrogens with one attached hydrogen (secondary N) is 2. The van der Waals surface area contributed by atoms with Crippen molar-refractivity contribution in [1.29, 1.82) is 0 Å². The van der Waals surface area contributed by atoms with Crippen molar-refractivity contribution in [2.45, 2.75) is 25.4 Å². The molecule has 0 spiro atoms. The zero-order valence-electron chi connectivity index (χ0n) is 16.5. The van der Waals surface area contributed by atoms with Crippen LogP contribution < -0.4 is 16.4 Å². The van der Waals surface area contributed by atoms with Crippen molar-refractivity contribution in [2.75, 3.05) is 11.1 Å². The zero-order chi connectivity index (χ0) is 23.3. The molecular formula is C19H20LiN7O6. The number of aromatic nitrogens is 4. The summed E-state index contributed by atoms with van der Waals surface area (Å²) in [6.45, 7) is 0.245. The van der Waals surface area contributed by atoms with Crippen LogP contribution in [-0.4, -0.2) is 78.0 Å². The summed E-state index contributed by atoms with van der Waals surface area (Å²) in [7, 11) is 0. The average Bonchev–Trinajstić information content (AvgIpc) is 2.75. The van der Waals surface area contributed by atoms with Gasteiger partial charge in [-0.25, -0.2) is 14.8 Å². The predicted octanol–water partition coefficient (Wildman–Crippen LogP) is -0.281. The molecule has 2 heterocycles. The van der Waals surface area contributed by atoms with Crippen LogP contribution in [0, 0.1) is 0 Å². The number of aliphatic carboxylic acids is 2. The van der Waals surface area contributed by atoms with Gasteiger partial charge in [0.15, 0.2) is 11.2 Å². The summed E-state index contributed by atoms with van der Waals surface area (Å²) in [4.78, 5) is 50.0. The van der Waals surface area contributed by atoms with E-state index in [2.05, 4.69) is 30.6 Å². The molecule has 33 heavy (non-hydrogen) atoms. The Labute approximate surface area is 198 Å². The standard InChI is InChI=1S/C19H19N7O6.Li.H/c20-19-25-15-14(17(30)26-19)23-11(8-22-15)7-21-10-3-1-9(2-4-10)16(29)24-12(18(31)32)5-6-13(27)28;;/h1-4,8,12,21H,5-7H2,(H,24,29)(H,27,28)(H,31,32)(H3,20,22,25,26,30);;. The van der Waals surface area contributed by atoms with Crippen LogP contribution in [0.15, 0.2) is 30.5 Å². The first-order valence-corrected chi connectivity index (χ1v) is 9.30. The van der Waals surface area contributed by atoms with Crippen molar-refractivity contribution < 1.29 is 29.7 Å². The minimum absolute atomic E-state index is 0. The second-order valence-corrected chi connectivity index (χ2v) is 6.67. The van der Waals surface area contributed by atoms with E-state index in [0.29, 0.717) is 11.4 Å². The number of anilines is 2. The molecule has 0 saturated heterocycles. The van der Waals surface area contributed by atoms with Gasteiger partial charge in [-0.2, -0.15) is 9.97 Å². The van der Waals surface area contributed by atoms with Gasteiger partial charge >= 0.3 is 30.8 Å². The number of amides is 1. The number of hydrogen-bond donors (Lipinski definition) is 6. The molecule has 13 nitrogen and oxygen atoms in total. The summed E-state index contributed by atoms with van der Waals surface area (Å²) in [5.41, 5.74) is 7.07. The van der Waals surface area contributed by atoms with E-state index in [1.807, 2.05) is 0 Å². The number of benzene rings is 1. The Bertz CT molecular complexity index is 1180. The van der Waals surface area contributed by atoms with Gasteiger partial charge in [-0.15, -0.1) is 0 Å². The number of fused-ring (bicyclic) bond motifs is 1. The maximum absolute atomic E-state index is 12.3. The maximum atomic E-state index is 12.3. The molecule has 168 valence electrons. The Kier molecular flexibility index (Phi) is 8.49. The van der Waals surface area contributed by atoms with Gasteiger partial charge in [0.1, 0.15) is 6.04 Å². The summed E-state index contributed by atoms with van der Waals surface area (Å²) >= 11 is 0. The number of nitrogens with two attached hydrogens (primary N) is 1. The molecular weight excluding hydrogens is 429 g/mol. The van der Waals surface area contributed by atoms with Crippen molar-refractivity contribution in [3.8, 4) is 5.88 Å². The van der Waals surface area contributed by atoms with Gasteiger partial charge in [-0.3, -0.25) is 9.59 Å². The van der Waals surface area contributed by atoms with Gasteiger partial charge in [0.05, 0.1) is 18.4 Å². The van der Waals surface area contributed by atoms with E-state index in [-0.39, 0.29) is 66.8 Å². The molecule has 3 rings (SSSR count). The first-order valence-electron chi connectivity index (χ1n) is 9.30. The van der Waals surface area contributed by atoms with Crippen molar-refractivity contribution in [3.05, 3.63) is 41.7 Å². The van der Waals surface area contributed by atoms with E-state index in [1.54, 1.807) is 12.1 Å². The number of aromatic hydroxyl groups is 1. The fraction of sp³-hybridized carbons (Fsp3) is 0.211. The van der Waals surface area contributed by atoms with Crippen LogP contribution >= 0.6 is 0 Å². The Morgan fingerprint density at radius 2 is 1.76 bits per heavy atom. The molecule has 0 bridgehead atoms. The molecule has 14 heteroatoms. The van der Waals surface area contributed by atoms with E-state index >= 15 is 0 Å². The van der Waals surface area contributed by atoms with E-state index in [9.17, 15) is 19.5 Å². The van der Waals surface area contributed by atoms with Crippen LogP contribution in [0.3, 0.4) is 0 Å². The van der Waals surface area contributed by atoms with Gasteiger partial charge < -0.3 is 31.7 Å². The van der Waals surface area contributed by atoms with Crippen LogP contribution in [0.25, 0.3) is 11.2 Å². The summed E-state index contributed by atoms with van der Waals surface area (Å²) in [5, 5.41) is 33.1. The Morgan fingerprint density at radius 1 is 1.06 bits per heavy atom. The predicted molar refractivity (Wildman–Crippen MR) is 118 cm³/mol. The molecule has 2 aromatic heterocycles. The molecule has 0 aliphatic rings. The first-order chi connectivity index (χ1) is 15.2. The number of carbonyl (C=O) groups is 3. The summed E-state index contributed by atoms with van der Waals surface area (Å²) in [6.07, 6.45) is 0.858. The number of hydrogen-bond acceptors (Lipinski definition) is 10. The molecule has 0 aliphatic carbocycles. The number of carboxylic acid groups (broad SMARTS) is 2. The molecule has 1 amide bonds. The van der Waals surface area contributed by atoms with Gasteiger partial charge in [-0.05, 0) is 30.7 Å². The molecule has 0 fully saturated rings. The molecule has 1 unspecified atom stereocenters. The summed E-state index contributed by atoms with van der Waals surface area (Å²) in [5.74, 6) is -3.59. The van der Waals surface area contributed by atoms with Crippen LogP contribution in [-0.2, 0) is 16.1 Å². The van der Waals surface area contributed by atoms with E-state index in [4.69, 9.17) is 15.9 Å². The van der Waals surface area contributed by atoms with Crippen molar-refractivity contribution in [3.63, 3.8) is 0 Å². The Morgan fingerprint density at radius 3 is 2.39 bits per heavy atom. The van der Waals surface area contributed by atoms with E-state index in [1.165, 1.54) is 18.3 Å². The Balaban J connectivity index is 0.00000385. The van der Waals surface area contributed by atoms with Gasteiger partial charge in [0, 0.05) is 17.7 Å². The van der Waals surface area contributed by atoms with Gasteiger partial charge in [0.2, 0.25) is 11.8 Å².